The highest BCUT2D eigenvalue weighted by molar-refractivity contribution is 6.01. The third kappa shape index (κ3) is 4.72. The van der Waals surface area contributed by atoms with E-state index in [0.29, 0.717) is 25.7 Å². The predicted molar refractivity (Wildman–Crippen MR) is 142 cm³/mol. The first-order valence-corrected chi connectivity index (χ1v) is 14.3. The van der Waals surface area contributed by atoms with Crippen molar-refractivity contribution in [3.63, 3.8) is 0 Å². The van der Waals surface area contributed by atoms with Gasteiger partial charge in [-0.1, -0.05) is 57.3 Å². The van der Waals surface area contributed by atoms with E-state index >= 15 is 0 Å². The van der Waals surface area contributed by atoms with Crippen LogP contribution in [0.3, 0.4) is 0 Å². The summed E-state index contributed by atoms with van der Waals surface area (Å²) in [7, 11) is 0. The number of aliphatic hydroxyl groups excluding tert-OH is 1. The number of carbonyl (C=O) groups is 4. The van der Waals surface area contributed by atoms with Crippen LogP contribution in [0.5, 0.6) is 0 Å². The highest BCUT2D eigenvalue weighted by Crippen LogP contribution is 2.65. The SMILES string of the molecule is CCCCCCC(=O)OCC(=O)[C@@]1(OC(=O)CC)CC[C@H]2C3=C(C(O)C[C@@]21C)[C@@]1(C)C=CC(=O)C=C1CC3. The molecule has 208 valence electrons. The van der Waals surface area contributed by atoms with Gasteiger partial charge >= 0.3 is 11.9 Å². The van der Waals surface area contributed by atoms with Gasteiger partial charge in [-0.05, 0) is 69.1 Å². The summed E-state index contributed by atoms with van der Waals surface area (Å²) in [5, 5.41) is 11.6. The van der Waals surface area contributed by atoms with E-state index in [1.165, 1.54) is 0 Å². The number of unbranched alkanes of at least 4 members (excludes halogenated alkanes) is 3. The number of hydrogen-bond acceptors (Lipinski definition) is 7. The van der Waals surface area contributed by atoms with E-state index in [9.17, 15) is 24.3 Å². The molecule has 0 radical (unpaired) electrons. The van der Waals surface area contributed by atoms with Crippen molar-refractivity contribution < 1.29 is 33.8 Å². The van der Waals surface area contributed by atoms with Crippen LogP contribution < -0.4 is 0 Å². The van der Waals surface area contributed by atoms with Crippen LogP contribution in [-0.4, -0.2) is 46.9 Å². The van der Waals surface area contributed by atoms with E-state index in [-0.39, 0.29) is 31.0 Å². The molecule has 0 amide bonds. The van der Waals surface area contributed by atoms with Crippen molar-refractivity contribution in [2.75, 3.05) is 6.61 Å². The van der Waals surface area contributed by atoms with Crippen LogP contribution in [0.1, 0.15) is 98.3 Å². The van der Waals surface area contributed by atoms with Crippen molar-refractivity contribution in [1.29, 1.82) is 0 Å². The second kappa shape index (κ2) is 10.9. The van der Waals surface area contributed by atoms with Crippen molar-refractivity contribution >= 4 is 23.5 Å². The maximum atomic E-state index is 13.8. The number of carbonyl (C=O) groups excluding carboxylic acids is 4. The van der Waals surface area contributed by atoms with Crippen LogP contribution in [0, 0.1) is 16.7 Å². The monoisotopic (exact) mass is 526 g/mol. The molecule has 0 aromatic carbocycles. The number of aliphatic hydroxyl groups is 1. The Morgan fingerprint density at radius 2 is 1.84 bits per heavy atom. The zero-order valence-electron chi connectivity index (χ0n) is 23.3. The lowest BCUT2D eigenvalue weighted by molar-refractivity contribution is -0.187. The summed E-state index contributed by atoms with van der Waals surface area (Å²) in [4.78, 5) is 50.9. The first kappa shape index (κ1) is 28.5. The summed E-state index contributed by atoms with van der Waals surface area (Å²) in [6.45, 7) is 7.34. The van der Waals surface area contributed by atoms with Gasteiger partial charge in [0.2, 0.25) is 5.78 Å². The molecule has 38 heavy (non-hydrogen) atoms. The van der Waals surface area contributed by atoms with Gasteiger partial charge < -0.3 is 14.6 Å². The lowest BCUT2D eigenvalue weighted by Gasteiger charge is -2.53. The van der Waals surface area contributed by atoms with E-state index in [0.717, 1.165) is 42.4 Å². The summed E-state index contributed by atoms with van der Waals surface area (Å²) in [5.41, 5.74) is 0.194. The van der Waals surface area contributed by atoms with Crippen molar-refractivity contribution in [2.24, 2.45) is 16.7 Å². The molecule has 0 bridgehead atoms. The van der Waals surface area contributed by atoms with Crippen LogP contribution in [0.25, 0.3) is 0 Å². The van der Waals surface area contributed by atoms with Crippen molar-refractivity contribution in [3.8, 4) is 0 Å². The van der Waals surface area contributed by atoms with Crippen LogP contribution in [0.4, 0.5) is 0 Å². The Hall–Kier alpha value is -2.54. The Morgan fingerprint density at radius 3 is 2.55 bits per heavy atom. The van der Waals surface area contributed by atoms with Crippen LogP contribution in [0.2, 0.25) is 0 Å². The second-order valence-electron chi connectivity index (χ2n) is 11.8. The van der Waals surface area contributed by atoms with Gasteiger partial charge in [0.15, 0.2) is 18.0 Å². The van der Waals surface area contributed by atoms with Crippen LogP contribution in [0.15, 0.2) is 34.9 Å². The molecule has 4 aliphatic rings. The van der Waals surface area contributed by atoms with Gasteiger partial charge in [0.25, 0.3) is 0 Å². The highest BCUT2D eigenvalue weighted by Gasteiger charge is 2.67. The summed E-state index contributed by atoms with van der Waals surface area (Å²) in [5.74, 6) is -1.40. The van der Waals surface area contributed by atoms with Gasteiger partial charge in [0.05, 0.1) is 6.10 Å². The molecule has 1 saturated carbocycles. The number of esters is 2. The summed E-state index contributed by atoms with van der Waals surface area (Å²) in [6.07, 6.45) is 11.0. The summed E-state index contributed by atoms with van der Waals surface area (Å²) >= 11 is 0. The zero-order valence-corrected chi connectivity index (χ0v) is 23.3. The number of ketones is 2. The summed E-state index contributed by atoms with van der Waals surface area (Å²) in [6, 6.07) is 0. The van der Waals surface area contributed by atoms with E-state index in [4.69, 9.17) is 9.47 Å². The molecule has 0 spiro atoms. The third-order valence-electron chi connectivity index (χ3n) is 9.61. The lowest BCUT2D eigenvalue weighted by atomic mass is 9.52. The van der Waals surface area contributed by atoms with Gasteiger partial charge in [-0.2, -0.15) is 0 Å². The van der Waals surface area contributed by atoms with Crippen molar-refractivity contribution in [1.82, 2.24) is 0 Å². The fraction of sp³-hybridized carbons (Fsp3) is 0.677. The maximum absolute atomic E-state index is 13.8. The maximum Gasteiger partial charge on any atom is 0.306 e. The minimum Gasteiger partial charge on any atom is -0.457 e. The molecular formula is C31H42O7. The second-order valence-corrected chi connectivity index (χ2v) is 11.8. The first-order chi connectivity index (χ1) is 18.0. The normalized spacial score (nSPS) is 33.7. The molecule has 1 unspecified atom stereocenters. The summed E-state index contributed by atoms with van der Waals surface area (Å²) < 4.78 is 11.4. The molecule has 1 N–H and O–H groups in total. The third-order valence-corrected chi connectivity index (χ3v) is 9.61. The number of rotatable bonds is 10. The fourth-order valence-electron chi connectivity index (χ4n) is 7.56. The largest absolute Gasteiger partial charge is 0.457 e. The minimum absolute atomic E-state index is 0.0338. The van der Waals surface area contributed by atoms with Crippen molar-refractivity contribution in [2.45, 2.75) is 110 Å². The highest BCUT2D eigenvalue weighted by atomic mass is 16.6. The Balaban J connectivity index is 1.63. The molecular weight excluding hydrogens is 484 g/mol. The molecule has 0 aromatic rings. The zero-order chi connectivity index (χ0) is 27.7. The standard InChI is InChI=1S/C31H42O7/c1-5-7-8-9-10-27(36)37-19-25(34)31(38-26(35)6-2)16-14-23-22-12-11-20-17-21(32)13-15-29(20,3)28(22)24(33)18-30(23,31)4/h13,15,17,23-24,33H,5-12,14,16,18-19H2,1-4H3/t23-,24?,29-,30-,31-/m0/s1. The average molecular weight is 527 g/mol. The number of ether oxygens (including phenoxy) is 2. The topological polar surface area (TPSA) is 107 Å². The number of Topliss-reactive ketones (excluding diaryl/α,β-unsaturated/α-hetero) is 1. The Bertz CT molecular complexity index is 1100. The van der Waals surface area contributed by atoms with E-state index in [1.807, 2.05) is 19.9 Å². The van der Waals surface area contributed by atoms with Crippen LogP contribution in [-0.2, 0) is 28.7 Å². The number of allylic oxidation sites excluding steroid dienone is 5. The Labute approximate surface area is 225 Å². The molecule has 0 aromatic heterocycles. The van der Waals surface area contributed by atoms with E-state index < -0.39 is 46.9 Å². The molecule has 4 rings (SSSR count). The molecule has 7 nitrogen and oxygen atoms in total. The smallest absolute Gasteiger partial charge is 0.306 e. The van der Waals surface area contributed by atoms with Gasteiger partial charge in [0.1, 0.15) is 0 Å². The lowest BCUT2D eigenvalue weighted by Crippen LogP contribution is -2.59. The van der Waals surface area contributed by atoms with Crippen molar-refractivity contribution in [3.05, 3.63) is 34.9 Å². The molecule has 5 atom stereocenters. The molecule has 0 aliphatic heterocycles. The molecule has 1 fully saturated rings. The Morgan fingerprint density at radius 1 is 1.08 bits per heavy atom. The van der Waals surface area contributed by atoms with Gasteiger partial charge in [0, 0.05) is 23.7 Å². The van der Waals surface area contributed by atoms with E-state index in [2.05, 4.69) is 6.92 Å². The van der Waals surface area contributed by atoms with Gasteiger partial charge in [-0.25, -0.2) is 0 Å². The molecule has 7 heteroatoms. The van der Waals surface area contributed by atoms with E-state index in [1.54, 1.807) is 19.1 Å². The molecule has 0 saturated heterocycles. The predicted octanol–water partition coefficient (Wildman–Crippen LogP) is 5.10. The quantitative estimate of drug-likeness (QED) is 0.240. The molecule has 0 heterocycles. The number of fused-ring (bicyclic) bond motifs is 4. The minimum atomic E-state index is -1.47. The molecule has 4 aliphatic carbocycles. The fourth-order valence-corrected chi connectivity index (χ4v) is 7.56. The van der Waals surface area contributed by atoms with Gasteiger partial charge in [-0.3, -0.25) is 19.2 Å². The van der Waals surface area contributed by atoms with Gasteiger partial charge in [-0.15, -0.1) is 0 Å². The Kier molecular flexibility index (Phi) is 8.17. The van der Waals surface area contributed by atoms with Crippen LogP contribution >= 0.6 is 0 Å². The first-order valence-electron chi connectivity index (χ1n) is 14.3. The number of hydrogen-bond donors (Lipinski definition) is 1. The average Bonchev–Trinajstić information content (AvgIpc) is 3.17.